The third-order valence-electron chi connectivity index (χ3n) is 5.47. The van der Waals surface area contributed by atoms with E-state index in [0.717, 1.165) is 38.8 Å². The Morgan fingerprint density at radius 3 is 2.00 bits per heavy atom. The Bertz CT molecular complexity index is 924. The van der Waals surface area contributed by atoms with Gasteiger partial charge in [-0.1, -0.05) is 25.0 Å². The number of hydrogen-bond donors (Lipinski definition) is 1. The van der Waals surface area contributed by atoms with Crippen LogP contribution in [0, 0.1) is 0 Å². The summed E-state index contributed by atoms with van der Waals surface area (Å²) in [6, 6.07) is 10.4. The molecule has 7 heteroatoms. The molecule has 1 aliphatic rings. The van der Waals surface area contributed by atoms with Gasteiger partial charge < -0.3 is 24.4 Å². The Hall–Kier alpha value is -3.22. The molecule has 0 bridgehead atoms. The van der Waals surface area contributed by atoms with Gasteiger partial charge in [0.15, 0.2) is 11.5 Å². The smallest absolute Gasteiger partial charge is 0.255 e. The van der Waals surface area contributed by atoms with E-state index in [4.69, 9.17) is 14.2 Å². The standard InChI is InChI=1S/C26H34N2O5/c1-4-31-22-17-19(18-23(32-5-2)24(22)33-6-3)25(29)27-21-14-10-9-13-20(21)26(30)28-15-11-7-8-12-16-28/h9-10,13-14,17-18H,4-8,11-12,15-16H2,1-3H3,(H,27,29). The van der Waals surface area contributed by atoms with Crippen molar-refractivity contribution in [3.05, 3.63) is 47.5 Å². The first-order chi connectivity index (χ1) is 16.1. The van der Waals surface area contributed by atoms with Crippen LogP contribution in [0.4, 0.5) is 5.69 Å². The maximum atomic E-state index is 13.2. The molecule has 3 rings (SSSR count). The molecule has 1 saturated heterocycles. The normalized spacial score (nSPS) is 13.7. The van der Waals surface area contributed by atoms with Gasteiger partial charge in [-0.3, -0.25) is 9.59 Å². The molecular weight excluding hydrogens is 420 g/mol. The number of nitrogens with zero attached hydrogens (tertiary/aromatic N) is 1. The minimum absolute atomic E-state index is 0.0514. The second-order valence-electron chi connectivity index (χ2n) is 7.81. The lowest BCUT2D eigenvalue weighted by Crippen LogP contribution is -2.32. The lowest BCUT2D eigenvalue weighted by atomic mass is 10.1. The molecule has 7 nitrogen and oxygen atoms in total. The van der Waals surface area contributed by atoms with Crippen LogP contribution in [0.25, 0.3) is 0 Å². The van der Waals surface area contributed by atoms with Crippen molar-refractivity contribution in [1.29, 1.82) is 0 Å². The topological polar surface area (TPSA) is 77.1 Å². The van der Waals surface area contributed by atoms with Gasteiger partial charge in [-0.05, 0) is 57.9 Å². The van der Waals surface area contributed by atoms with E-state index in [1.807, 2.05) is 37.8 Å². The number of ether oxygens (including phenoxy) is 3. The number of rotatable bonds is 9. The number of carbonyl (C=O) groups is 2. The highest BCUT2D eigenvalue weighted by atomic mass is 16.5. The number of amides is 2. The van der Waals surface area contributed by atoms with Crippen molar-refractivity contribution >= 4 is 17.5 Å². The van der Waals surface area contributed by atoms with E-state index in [1.54, 1.807) is 24.3 Å². The largest absolute Gasteiger partial charge is 0.490 e. The van der Waals surface area contributed by atoms with Crippen LogP contribution in [0.1, 0.15) is 67.2 Å². The highest BCUT2D eigenvalue weighted by Gasteiger charge is 2.22. The lowest BCUT2D eigenvalue weighted by Gasteiger charge is -2.22. The number of carbonyl (C=O) groups excluding carboxylic acids is 2. The summed E-state index contributed by atoms with van der Waals surface area (Å²) < 4.78 is 17.2. The average Bonchev–Trinajstić information content (AvgIpc) is 3.11. The average molecular weight is 455 g/mol. The second-order valence-corrected chi connectivity index (χ2v) is 7.81. The summed E-state index contributed by atoms with van der Waals surface area (Å²) in [5.74, 6) is 0.976. The predicted molar refractivity (Wildman–Crippen MR) is 129 cm³/mol. The molecule has 2 aromatic rings. The first-order valence-electron chi connectivity index (χ1n) is 11.8. The molecule has 0 spiro atoms. The fourth-order valence-corrected chi connectivity index (χ4v) is 3.94. The monoisotopic (exact) mass is 454 g/mol. The van der Waals surface area contributed by atoms with E-state index in [2.05, 4.69) is 5.32 Å². The Balaban J connectivity index is 1.89. The zero-order chi connectivity index (χ0) is 23.6. The van der Waals surface area contributed by atoms with Crippen LogP contribution in [0.2, 0.25) is 0 Å². The van der Waals surface area contributed by atoms with Gasteiger partial charge in [0.1, 0.15) is 0 Å². The Kier molecular flexibility index (Phi) is 8.98. The first-order valence-corrected chi connectivity index (χ1v) is 11.8. The molecule has 0 unspecified atom stereocenters. The molecule has 0 aliphatic carbocycles. The molecule has 178 valence electrons. The van der Waals surface area contributed by atoms with Crippen LogP contribution in [-0.4, -0.2) is 49.6 Å². The fraction of sp³-hybridized carbons (Fsp3) is 0.462. The van der Waals surface area contributed by atoms with Gasteiger partial charge in [-0.2, -0.15) is 0 Å². The third-order valence-corrected chi connectivity index (χ3v) is 5.47. The van der Waals surface area contributed by atoms with Gasteiger partial charge in [0.25, 0.3) is 11.8 Å². The van der Waals surface area contributed by atoms with E-state index in [-0.39, 0.29) is 11.8 Å². The highest BCUT2D eigenvalue weighted by molar-refractivity contribution is 6.09. The molecular formula is C26H34N2O5. The summed E-state index contributed by atoms with van der Waals surface area (Å²) in [7, 11) is 0. The van der Waals surface area contributed by atoms with Crippen LogP contribution < -0.4 is 19.5 Å². The Morgan fingerprint density at radius 2 is 1.42 bits per heavy atom. The molecule has 33 heavy (non-hydrogen) atoms. The van der Waals surface area contributed by atoms with E-state index < -0.39 is 0 Å². The number of nitrogens with one attached hydrogen (secondary N) is 1. The molecule has 1 aliphatic heterocycles. The van der Waals surface area contributed by atoms with E-state index >= 15 is 0 Å². The number of benzene rings is 2. The molecule has 0 atom stereocenters. The van der Waals surface area contributed by atoms with E-state index in [0.29, 0.717) is 53.9 Å². The van der Waals surface area contributed by atoms with Gasteiger partial charge in [-0.25, -0.2) is 0 Å². The van der Waals surface area contributed by atoms with Crippen molar-refractivity contribution in [2.24, 2.45) is 0 Å². The summed E-state index contributed by atoms with van der Waals surface area (Å²) in [4.78, 5) is 28.3. The van der Waals surface area contributed by atoms with Crippen LogP contribution in [0.5, 0.6) is 17.2 Å². The van der Waals surface area contributed by atoms with Crippen molar-refractivity contribution in [1.82, 2.24) is 4.90 Å². The summed E-state index contributed by atoms with van der Waals surface area (Å²) in [6.07, 6.45) is 4.30. The molecule has 0 aromatic heterocycles. The van der Waals surface area contributed by atoms with Gasteiger partial charge >= 0.3 is 0 Å². The minimum Gasteiger partial charge on any atom is -0.490 e. The van der Waals surface area contributed by atoms with Crippen molar-refractivity contribution < 1.29 is 23.8 Å². The van der Waals surface area contributed by atoms with E-state index in [9.17, 15) is 9.59 Å². The molecule has 2 amide bonds. The second kappa shape index (κ2) is 12.1. The molecule has 1 N–H and O–H groups in total. The number of para-hydroxylation sites is 1. The van der Waals surface area contributed by atoms with Gasteiger partial charge in [0.05, 0.1) is 31.1 Å². The number of anilines is 1. The summed E-state index contributed by atoms with van der Waals surface area (Å²) in [5.41, 5.74) is 1.35. The maximum absolute atomic E-state index is 13.2. The van der Waals surface area contributed by atoms with Crippen LogP contribution >= 0.6 is 0 Å². The van der Waals surface area contributed by atoms with Gasteiger partial charge in [0, 0.05) is 18.7 Å². The fourth-order valence-electron chi connectivity index (χ4n) is 3.94. The van der Waals surface area contributed by atoms with Crippen molar-refractivity contribution in [3.8, 4) is 17.2 Å². The summed E-state index contributed by atoms with van der Waals surface area (Å²) >= 11 is 0. The molecule has 0 radical (unpaired) electrons. The summed E-state index contributed by atoms with van der Waals surface area (Å²) in [5, 5.41) is 2.91. The zero-order valence-corrected chi connectivity index (χ0v) is 19.8. The molecule has 1 fully saturated rings. The third kappa shape index (κ3) is 6.18. The van der Waals surface area contributed by atoms with Crippen LogP contribution in [0.3, 0.4) is 0 Å². The zero-order valence-electron chi connectivity index (χ0n) is 19.8. The molecule has 1 heterocycles. The SMILES string of the molecule is CCOc1cc(C(=O)Nc2ccccc2C(=O)N2CCCCCC2)cc(OCC)c1OCC. The molecule has 2 aromatic carbocycles. The van der Waals surface area contributed by atoms with Crippen molar-refractivity contribution in [2.45, 2.75) is 46.5 Å². The highest BCUT2D eigenvalue weighted by Crippen LogP contribution is 2.39. The Labute approximate surface area is 196 Å². The maximum Gasteiger partial charge on any atom is 0.255 e. The van der Waals surface area contributed by atoms with Crippen molar-refractivity contribution in [3.63, 3.8) is 0 Å². The number of likely N-dealkylation sites (tertiary alicyclic amines) is 1. The first kappa shape index (κ1) is 24.4. The van der Waals surface area contributed by atoms with Gasteiger partial charge in [0.2, 0.25) is 5.75 Å². The Morgan fingerprint density at radius 1 is 0.848 bits per heavy atom. The van der Waals surface area contributed by atoms with E-state index in [1.165, 1.54) is 0 Å². The summed E-state index contributed by atoms with van der Waals surface area (Å²) in [6.45, 7) is 8.39. The van der Waals surface area contributed by atoms with Gasteiger partial charge in [-0.15, -0.1) is 0 Å². The lowest BCUT2D eigenvalue weighted by molar-refractivity contribution is 0.0762. The molecule has 0 saturated carbocycles. The van der Waals surface area contributed by atoms with Crippen molar-refractivity contribution in [2.75, 3.05) is 38.2 Å². The predicted octanol–water partition coefficient (Wildman–Crippen LogP) is 5.15. The van der Waals surface area contributed by atoms with Crippen LogP contribution in [-0.2, 0) is 0 Å². The minimum atomic E-state index is -0.351. The number of hydrogen-bond acceptors (Lipinski definition) is 5. The van der Waals surface area contributed by atoms with Crippen LogP contribution in [0.15, 0.2) is 36.4 Å². The quantitative estimate of drug-likeness (QED) is 0.567.